The minimum absolute atomic E-state index is 0.133. The Hall–Kier alpha value is -3.09. The Labute approximate surface area is 164 Å². The second-order valence-corrected chi connectivity index (χ2v) is 6.35. The topological polar surface area (TPSA) is 88.0 Å². The van der Waals surface area contributed by atoms with Gasteiger partial charge in [0, 0.05) is 17.2 Å². The molecule has 6 nitrogen and oxygen atoms in total. The number of hydroxylamine groups is 1. The Kier molecular flexibility index (Phi) is 7.80. The molecule has 0 fully saturated rings. The maximum Gasteiger partial charge on any atom is 0.267 e. The van der Waals surface area contributed by atoms with Crippen LogP contribution in [0.5, 0.6) is 17.2 Å². The molecule has 2 rings (SSSR count). The highest BCUT2D eigenvalue weighted by molar-refractivity contribution is 5.91. The van der Waals surface area contributed by atoms with Gasteiger partial charge in [0.25, 0.3) is 5.91 Å². The monoisotopic (exact) mass is 383 g/mol. The van der Waals surface area contributed by atoms with Gasteiger partial charge in [-0.25, -0.2) is 5.48 Å². The van der Waals surface area contributed by atoms with Crippen molar-refractivity contribution in [3.8, 4) is 17.2 Å². The predicted molar refractivity (Wildman–Crippen MR) is 108 cm³/mol. The van der Waals surface area contributed by atoms with E-state index in [-0.39, 0.29) is 6.61 Å². The molecule has 2 aromatic carbocycles. The highest BCUT2D eigenvalue weighted by Crippen LogP contribution is 2.34. The zero-order valence-electron chi connectivity index (χ0n) is 16.2. The highest BCUT2D eigenvalue weighted by Gasteiger charge is 2.14. The molecule has 0 bridgehead atoms. The van der Waals surface area contributed by atoms with Crippen molar-refractivity contribution in [1.82, 2.24) is 5.48 Å². The standard InChI is InChI=1S/C22H25NO5/c1-15(2)4-12-20-17(14-24)6-5-16(7-13-21(25)23-26)22(20)28-19-10-8-18(27-3)9-11-19/h4-11,13,24,26H,12,14H2,1-3H3,(H,23,25). The van der Waals surface area contributed by atoms with Crippen LogP contribution in [0.3, 0.4) is 0 Å². The van der Waals surface area contributed by atoms with Gasteiger partial charge >= 0.3 is 0 Å². The molecule has 0 spiro atoms. The number of ether oxygens (including phenoxy) is 2. The van der Waals surface area contributed by atoms with Crippen LogP contribution in [0, 0.1) is 0 Å². The van der Waals surface area contributed by atoms with E-state index in [0.29, 0.717) is 29.2 Å². The van der Waals surface area contributed by atoms with E-state index in [1.54, 1.807) is 55.1 Å². The van der Waals surface area contributed by atoms with Gasteiger partial charge in [-0.2, -0.15) is 0 Å². The molecule has 2 aromatic rings. The van der Waals surface area contributed by atoms with Crippen molar-refractivity contribution in [3.63, 3.8) is 0 Å². The number of hydrogen-bond acceptors (Lipinski definition) is 5. The molecule has 3 N–H and O–H groups in total. The summed E-state index contributed by atoms with van der Waals surface area (Å²) in [6, 6.07) is 10.7. The van der Waals surface area contributed by atoms with Gasteiger partial charge in [-0.1, -0.05) is 23.8 Å². The Bertz CT molecular complexity index is 865. The number of carbonyl (C=O) groups is 1. The van der Waals surface area contributed by atoms with Gasteiger partial charge in [0.2, 0.25) is 0 Å². The molecule has 0 heterocycles. The smallest absolute Gasteiger partial charge is 0.267 e. The fraction of sp³-hybridized carbons (Fsp3) is 0.227. The van der Waals surface area contributed by atoms with Crippen LogP contribution in [0.1, 0.15) is 30.5 Å². The number of benzene rings is 2. The molecule has 0 unspecified atom stereocenters. The van der Waals surface area contributed by atoms with Gasteiger partial charge < -0.3 is 14.6 Å². The Morgan fingerprint density at radius 3 is 2.36 bits per heavy atom. The van der Waals surface area contributed by atoms with E-state index >= 15 is 0 Å². The molecule has 148 valence electrons. The fourth-order valence-electron chi connectivity index (χ4n) is 2.58. The van der Waals surface area contributed by atoms with E-state index in [2.05, 4.69) is 0 Å². The summed E-state index contributed by atoms with van der Waals surface area (Å²) in [5.74, 6) is 1.19. The average Bonchev–Trinajstić information content (AvgIpc) is 2.71. The number of aliphatic hydroxyl groups excluding tert-OH is 1. The number of hydrogen-bond donors (Lipinski definition) is 3. The molecule has 0 saturated carbocycles. The van der Waals surface area contributed by atoms with E-state index in [0.717, 1.165) is 16.7 Å². The molecule has 28 heavy (non-hydrogen) atoms. The van der Waals surface area contributed by atoms with Gasteiger partial charge in [0.15, 0.2) is 0 Å². The molecule has 0 aliphatic carbocycles. The zero-order valence-corrected chi connectivity index (χ0v) is 16.2. The molecule has 0 atom stereocenters. The van der Waals surface area contributed by atoms with Crippen molar-refractivity contribution < 1.29 is 24.6 Å². The van der Waals surface area contributed by atoms with Gasteiger partial charge in [0.1, 0.15) is 17.2 Å². The lowest BCUT2D eigenvalue weighted by molar-refractivity contribution is -0.124. The minimum Gasteiger partial charge on any atom is -0.497 e. The SMILES string of the molecule is COc1ccc(Oc2c(C=CC(=O)NO)ccc(CO)c2CC=C(C)C)cc1. The number of carbonyl (C=O) groups excluding carboxylic acids is 1. The van der Waals surface area contributed by atoms with Crippen LogP contribution >= 0.6 is 0 Å². The number of nitrogens with one attached hydrogen (secondary N) is 1. The van der Waals surface area contributed by atoms with Crippen molar-refractivity contribution in [2.24, 2.45) is 0 Å². The summed E-state index contributed by atoms with van der Waals surface area (Å²) >= 11 is 0. The zero-order chi connectivity index (χ0) is 20.5. The lowest BCUT2D eigenvalue weighted by Gasteiger charge is -2.17. The van der Waals surface area contributed by atoms with Gasteiger partial charge in [-0.05, 0) is 56.2 Å². The van der Waals surface area contributed by atoms with Crippen molar-refractivity contribution in [3.05, 3.63) is 70.8 Å². The number of aliphatic hydroxyl groups is 1. The molecule has 0 radical (unpaired) electrons. The van der Waals surface area contributed by atoms with Crippen LogP contribution in [0.2, 0.25) is 0 Å². The molecule has 6 heteroatoms. The van der Waals surface area contributed by atoms with Crippen LogP contribution in [0.15, 0.2) is 54.1 Å². The molecular weight excluding hydrogens is 358 g/mol. The quantitative estimate of drug-likeness (QED) is 0.277. The van der Waals surface area contributed by atoms with Gasteiger partial charge in [-0.15, -0.1) is 0 Å². The normalized spacial score (nSPS) is 10.6. The molecular formula is C22H25NO5. The first-order chi connectivity index (χ1) is 13.5. The maximum atomic E-state index is 11.4. The predicted octanol–water partition coefficient (Wildman–Crippen LogP) is 4.01. The highest BCUT2D eigenvalue weighted by atomic mass is 16.5. The number of allylic oxidation sites excluding steroid dienone is 2. The van der Waals surface area contributed by atoms with E-state index in [9.17, 15) is 9.90 Å². The molecule has 0 aliphatic heterocycles. The van der Waals surface area contributed by atoms with Crippen molar-refractivity contribution in [2.75, 3.05) is 7.11 Å². The second-order valence-electron chi connectivity index (χ2n) is 6.35. The Balaban J connectivity index is 2.54. The third kappa shape index (κ3) is 5.70. The summed E-state index contributed by atoms with van der Waals surface area (Å²) in [5, 5.41) is 18.5. The first kappa shape index (κ1) is 21.2. The van der Waals surface area contributed by atoms with Crippen molar-refractivity contribution in [1.29, 1.82) is 0 Å². The van der Waals surface area contributed by atoms with E-state index in [1.165, 1.54) is 6.08 Å². The summed E-state index contributed by atoms with van der Waals surface area (Å²) in [5.41, 5.74) is 4.92. The van der Waals surface area contributed by atoms with Crippen LogP contribution in [-0.4, -0.2) is 23.3 Å². The summed E-state index contributed by atoms with van der Waals surface area (Å²) < 4.78 is 11.3. The summed E-state index contributed by atoms with van der Waals surface area (Å²) in [6.45, 7) is 3.86. The van der Waals surface area contributed by atoms with Crippen LogP contribution in [0.4, 0.5) is 0 Å². The first-order valence-electron chi connectivity index (χ1n) is 8.81. The van der Waals surface area contributed by atoms with Crippen molar-refractivity contribution >= 4 is 12.0 Å². The summed E-state index contributed by atoms with van der Waals surface area (Å²) in [4.78, 5) is 11.4. The molecule has 0 saturated heterocycles. The van der Waals surface area contributed by atoms with Crippen molar-refractivity contribution in [2.45, 2.75) is 26.9 Å². The van der Waals surface area contributed by atoms with E-state index in [4.69, 9.17) is 14.7 Å². The van der Waals surface area contributed by atoms with Crippen LogP contribution in [0.25, 0.3) is 6.08 Å². The summed E-state index contributed by atoms with van der Waals surface area (Å²) in [6.07, 6.45) is 5.37. The molecule has 1 amide bonds. The minimum atomic E-state index is -0.646. The Morgan fingerprint density at radius 2 is 1.79 bits per heavy atom. The fourth-order valence-corrected chi connectivity index (χ4v) is 2.58. The molecule has 0 aliphatic rings. The van der Waals surface area contributed by atoms with E-state index in [1.807, 2.05) is 19.9 Å². The number of rotatable bonds is 8. The maximum absolute atomic E-state index is 11.4. The lowest BCUT2D eigenvalue weighted by atomic mass is 9.98. The van der Waals surface area contributed by atoms with Crippen LogP contribution in [-0.2, 0) is 17.8 Å². The third-order valence-electron chi connectivity index (χ3n) is 4.08. The van der Waals surface area contributed by atoms with Crippen LogP contribution < -0.4 is 15.0 Å². The van der Waals surface area contributed by atoms with Gasteiger partial charge in [-0.3, -0.25) is 10.0 Å². The Morgan fingerprint density at radius 1 is 1.11 bits per heavy atom. The summed E-state index contributed by atoms with van der Waals surface area (Å²) in [7, 11) is 1.59. The molecule has 0 aromatic heterocycles. The number of amides is 1. The third-order valence-corrected chi connectivity index (χ3v) is 4.08. The first-order valence-corrected chi connectivity index (χ1v) is 8.81. The van der Waals surface area contributed by atoms with E-state index < -0.39 is 5.91 Å². The lowest BCUT2D eigenvalue weighted by Crippen LogP contribution is -2.14. The average molecular weight is 383 g/mol. The van der Waals surface area contributed by atoms with Gasteiger partial charge in [0.05, 0.1) is 13.7 Å². The second kappa shape index (κ2) is 10.3. The largest absolute Gasteiger partial charge is 0.497 e. The number of methoxy groups -OCH3 is 1.